The van der Waals surface area contributed by atoms with E-state index in [2.05, 4.69) is 65.7 Å². The lowest BCUT2D eigenvalue weighted by Crippen LogP contribution is -2.22. The highest BCUT2D eigenvalue weighted by atomic mass is 15.3. The second-order valence-corrected chi connectivity index (χ2v) is 3.78. The van der Waals surface area contributed by atoms with Gasteiger partial charge in [-0.2, -0.15) is 0 Å². The van der Waals surface area contributed by atoms with E-state index in [0.717, 1.165) is 13.2 Å². The van der Waals surface area contributed by atoms with Gasteiger partial charge in [-0.1, -0.05) is 42.5 Å². The third kappa shape index (κ3) is 2.88. The van der Waals surface area contributed by atoms with Crippen LogP contribution in [0.4, 0.5) is 0 Å². The fraction of sp³-hybridized carbons (Fsp3) is 0.231. The highest BCUT2D eigenvalue weighted by molar-refractivity contribution is 5.48. The molecular formula is C13H16N2. The Bertz CT molecular complexity index is 354. The summed E-state index contributed by atoms with van der Waals surface area (Å²) in [5, 5.41) is 0. The predicted molar refractivity (Wildman–Crippen MR) is 64.0 cm³/mol. The van der Waals surface area contributed by atoms with E-state index in [4.69, 9.17) is 0 Å². The molecule has 0 aliphatic carbocycles. The maximum Gasteiger partial charge on any atom is 0.0894 e. The van der Waals surface area contributed by atoms with Crippen molar-refractivity contribution >= 4 is 6.08 Å². The molecule has 1 aliphatic heterocycles. The van der Waals surface area contributed by atoms with Crippen LogP contribution in [0.15, 0.2) is 48.8 Å². The van der Waals surface area contributed by atoms with E-state index < -0.39 is 0 Å². The fourth-order valence-electron chi connectivity index (χ4n) is 1.60. The van der Waals surface area contributed by atoms with Crippen LogP contribution in [0.25, 0.3) is 6.08 Å². The zero-order valence-electron chi connectivity index (χ0n) is 9.00. The molecule has 0 fully saturated rings. The minimum atomic E-state index is 0.968. The first-order valence-corrected chi connectivity index (χ1v) is 5.19. The molecule has 0 spiro atoms. The summed E-state index contributed by atoms with van der Waals surface area (Å²) in [6.07, 6.45) is 8.57. The maximum absolute atomic E-state index is 2.26. The molecule has 2 heteroatoms. The van der Waals surface area contributed by atoms with Crippen molar-refractivity contribution in [1.82, 2.24) is 9.80 Å². The maximum atomic E-state index is 2.26. The second kappa shape index (κ2) is 4.69. The normalized spacial score (nSPS) is 15.5. The number of hydrogen-bond acceptors (Lipinski definition) is 2. The van der Waals surface area contributed by atoms with Crippen molar-refractivity contribution in [3.05, 3.63) is 54.4 Å². The molecule has 2 rings (SSSR count). The van der Waals surface area contributed by atoms with Crippen LogP contribution in [0.2, 0.25) is 0 Å². The molecule has 0 saturated carbocycles. The zero-order chi connectivity index (χ0) is 10.5. The molecule has 0 unspecified atom stereocenters. The number of rotatable bonds is 3. The lowest BCUT2D eigenvalue weighted by atomic mass is 10.2. The first-order valence-electron chi connectivity index (χ1n) is 5.19. The van der Waals surface area contributed by atoms with E-state index in [1.165, 1.54) is 5.56 Å². The van der Waals surface area contributed by atoms with Crippen molar-refractivity contribution in [2.45, 2.75) is 0 Å². The molecule has 0 N–H and O–H groups in total. The van der Waals surface area contributed by atoms with Gasteiger partial charge in [0, 0.05) is 26.0 Å². The van der Waals surface area contributed by atoms with Gasteiger partial charge in [-0.3, -0.25) is 0 Å². The fourth-order valence-corrected chi connectivity index (χ4v) is 1.60. The molecule has 1 heterocycles. The molecule has 0 radical (unpaired) electrons. The van der Waals surface area contributed by atoms with Gasteiger partial charge in [0.25, 0.3) is 0 Å². The molecule has 15 heavy (non-hydrogen) atoms. The van der Waals surface area contributed by atoms with Gasteiger partial charge in [-0.05, 0) is 5.56 Å². The van der Waals surface area contributed by atoms with Gasteiger partial charge in [0.05, 0.1) is 6.67 Å². The topological polar surface area (TPSA) is 6.48 Å². The zero-order valence-corrected chi connectivity index (χ0v) is 9.00. The molecule has 0 atom stereocenters. The van der Waals surface area contributed by atoms with Gasteiger partial charge >= 0.3 is 0 Å². The van der Waals surface area contributed by atoms with E-state index in [0.29, 0.717) is 0 Å². The molecular weight excluding hydrogens is 184 g/mol. The first kappa shape index (κ1) is 9.84. The van der Waals surface area contributed by atoms with Gasteiger partial charge in [-0.15, -0.1) is 0 Å². The molecule has 1 aromatic rings. The molecule has 1 aliphatic rings. The van der Waals surface area contributed by atoms with Crippen LogP contribution in [0.1, 0.15) is 5.56 Å². The van der Waals surface area contributed by atoms with Crippen LogP contribution < -0.4 is 0 Å². The van der Waals surface area contributed by atoms with Crippen molar-refractivity contribution in [3.63, 3.8) is 0 Å². The van der Waals surface area contributed by atoms with Crippen molar-refractivity contribution in [1.29, 1.82) is 0 Å². The van der Waals surface area contributed by atoms with E-state index in [-0.39, 0.29) is 0 Å². The van der Waals surface area contributed by atoms with E-state index in [1.54, 1.807) is 0 Å². The summed E-state index contributed by atoms with van der Waals surface area (Å²) in [6.45, 7) is 1.95. The van der Waals surface area contributed by atoms with Gasteiger partial charge in [0.15, 0.2) is 0 Å². The third-order valence-electron chi connectivity index (χ3n) is 2.39. The van der Waals surface area contributed by atoms with Crippen molar-refractivity contribution in [3.8, 4) is 0 Å². The quantitative estimate of drug-likeness (QED) is 0.739. The second-order valence-electron chi connectivity index (χ2n) is 3.78. The van der Waals surface area contributed by atoms with Crippen LogP contribution in [0.3, 0.4) is 0 Å². The standard InChI is InChI=1S/C13H16N2/c1-14-10-11-15(12-14)9-5-8-13-6-3-2-4-7-13/h2-8,10-11H,9,12H2,1H3. The van der Waals surface area contributed by atoms with Crippen LogP contribution >= 0.6 is 0 Å². The SMILES string of the molecule is CN1C=CN(CC=Cc2ccccc2)C1. The number of benzene rings is 1. The summed E-state index contributed by atoms with van der Waals surface area (Å²) in [7, 11) is 2.08. The van der Waals surface area contributed by atoms with E-state index in [9.17, 15) is 0 Å². The smallest absolute Gasteiger partial charge is 0.0894 e. The van der Waals surface area contributed by atoms with Gasteiger partial charge < -0.3 is 9.80 Å². The Morgan fingerprint density at radius 2 is 2.00 bits per heavy atom. The Kier molecular flexibility index (Phi) is 3.08. The van der Waals surface area contributed by atoms with Crippen LogP contribution in [-0.4, -0.2) is 30.1 Å². The van der Waals surface area contributed by atoms with Crippen molar-refractivity contribution in [2.24, 2.45) is 0 Å². The summed E-state index contributed by atoms with van der Waals surface area (Å²) in [5.41, 5.74) is 1.26. The average molecular weight is 200 g/mol. The molecule has 0 aromatic heterocycles. The van der Waals surface area contributed by atoms with Crippen molar-refractivity contribution < 1.29 is 0 Å². The number of nitrogens with zero attached hydrogens (tertiary/aromatic N) is 2. The lowest BCUT2D eigenvalue weighted by Gasteiger charge is -2.15. The highest BCUT2D eigenvalue weighted by Gasteiger charge is 2.04. The van der Waals surface area contributed by atoms with E-state index >= 15 is 0 Å². The molecule has 1 aromatic carbocycles. The Morgan fingerprint density at radius 3 is 2.67 bits per heavy atom. The Labute approximate surface area is 91.1 Å². The minimum Gasteiger partial charge on any atom is -0.362 e. The summed E-state index contributed by atoms with van der Waals surface area (Å²) in [6, 6.07) is 10.4. The van der Waals surface area contributed by atoms with Crippen LogP contribution in [0.5, 0.6) is 0 Å². The van der Waals surface area contributed by atoms with E-state index in [1.807, 2.05) is 6.07 Å². The Morgan fingerprint density at radius 1 is 1.20 bits per heavy atom. The summed E-state index contributed by atoms with van der Waals surface area (Å²) >= 11 is 0. The van der Waals surface area contributed by atoms with Gasteiger partial charge in [-0.25, -0.2) is 0 Å². The molecule has 0 amide bonds. The summed E-state index contributed by atoms with van der Waals surface area (Å²) in [4.78, 5) is 4.43. The Balaban J connectivity index is 1.84. The summed E-state index contributed by atoms with van der Waals surface area (Å²) < 4.78 is 0. The minimum absolute atomic E-state index is 0.968. The van der Waals surface area contributed by atoms with Gasteiger partial charge in [0.1, 0.15) is 0 Å². The van der Waals surface area contributed by atoms with Gasteiger partial charge in [0.2, 0.25) is 0 Å². The van der Waals surface area contributed by atoms with Crippen LogP contribution in [-0.2, 0) is 0 Å². The molecule has 0 bridgehead atoms. The largest absolute Gasteiger partial charge is 0.362 e. The third-order valence-corrected chi connectivity index (χ3v) is 2.39. The lowest BCUT2D eigenvalue weighted by molar-refractivity contribution is 0.318. The molecule has 2 nitrogen and oxygen atoms in total. The summed E-state index contributed by atoms with van der Waals surface area (Å²) in [5.74, 6) is 0. The molecule has 0 saturated heterocycles. The van der Waals surface area contributed by atoms with Crippen molar-refractivity contribution in [2.75, 3.05) is 20.3 Å². The average Bonchev–Trinajstić information content (AvgIpc) is 2.66. The Hall–Kier alpha value is -1.70. The highest BCUT2D eigenvalue weighted by Crippen LogP contribution is 2.05. The molecule has 78 valence electrons. The number of hydrogen-bond donors (Lipinski definition) is 0. The predicted octanol–water partition coefficient (Wildman–Crippen LogP) is 2.38. The first-order chi connectivity index (χ1) is 7.34. The van der Waals surface area contributed by atoms with Crippen LogP contribution in [0, 0.1) is 0 Å². The monoisotopic (exact) mass is 200 g/mol.